The lowest BCUT2D eigenvalue weighted by Gasteiger charge is -2.31. The van der Waals surface area contributed by atoms with E-state index in [2.05, 4.69) is 135 Å². The van der Waals surface area contributed by atoms with Crippen LogP contribution >= 0.6 is 0 Å². The van der Waals surface area contributed by atoms with Crippen molar-refractivity contribution in [2.75, 3.05) is 41.0 Å². The Hall–Kier alpha value is -4.27. The van der Waals surface area contributed by atoms with Gasteiger partial charge in [0.1, 0.15) is 6.61 Å². The zero-order valence-electron chi connectivity index (χ0n) is 41.6. The number of rotatable bonds is 43. The van der Waals surface area contributed by atoms with Crippen LogP contribution in [0.15, 0.2) is 122 Å². The minimum Gasteiger partial charge on any atom is -0.477 e. The Balaban J connectivity index is 4.46. The van der Waals surface area contributed by atoms with Gasteiger partial charge < -0.3 is 23.8 Å². The molecular formula is C57H92NO7+. The monoisotopic (exact) mass is 903 g/mol. The number of carboxylic acids is 1. The molecule has 8 nitrogen and oxygen atoms in total. The van der Waals surface area contributed by atoms with Crippen molar-refractivity contribution >= 4 is 17.9 Å². The molecule has 0 rings (SSSR count). The summed E-state index contributed by atoms with van der Waals surface area (Å²) in [6.07, 6.45) is 65.4. The summed E-state index contributed by atoms with van der Waals surface area (Å²) in [6, 6.07) is -0.637. The molecule has 0 aliphatic rings. The maximum atomic E-state index is 12.8. The second-order valence-electron chi connectivity index (χ2n) is 17.4. The van der Waals surface area contributed by atoms with Gasteiger partial charge in [-0.2, -0.15) is 0 Å². The number of unbranched alkanes of at least 4 members (excludes halogenated alkanes) is 11. The highest BCUT2D eigenvalue weighted by Crippen LogP contribution is 2.12. The lowest BCUT2D eigenvalue weighted by Crippen LogP contribution is -2.50. The summed E-state index contributed by atoms with van der Waals surface area (Å²) in [6.45, 7) is 4.50. The molecule has 2 atom stereocenters. The van der Waals surface area contributed by atoms with Crippen LogP contribution in [-0.2, 0) is 28.6 Å². The molecule has 0 bridgehead atoms. The first-order valence-corrected chi connectivity index (χ1v) is 25.1. The summed E-state index contributed by atoms with van der Waals surface area (Å²) in [5.74, 6) is -1.59. The number of likely N-dealkylation sites (N-methyl/N-ethyl adjacent to an activating group) is 1. The quantitative estimate of drug-likeness (QED) is 0.0214. The fourth-order valence-electron chi connectivity index (χ4n) is 6.55. The van der Waals surface area contributed by atoms with Gasteiger partial charge in [-0.1, -0.05) is 180 Å². The highest BCUT2D eigenvalue weighted by Gasteiger charge is 2.31. The maximum Gasteiger partial charge on any atom is 0.362 e. The summed E-state index contributed by atoms with van der Waals surface area (Å²) < 4.78 is 17.2. The van der Waals surface area contributed by atoms with Crippen LogP contribution in [0.3, 0.4) is 0 Å². The third kappa shape index (κ3) is 44.7. The van der Waals surface area contributed by atoms with Crippen molar-refractivity contribution in [1.82, 2.24) is 0 Å². The number of carbonyl (C=O) groups is 3. The lowest BCUT2D eigenvalue weighted by atomic mass is 10.1. The van der Waals surface area contributed by atoms with E-state index in [0.29, 0.717) is 19.3 Å². The standard InChI is InChI=1S/C57H91NO7/c1-6-8-10-12-14-16-18-20-22-24-26-27-28-29-30-32-34-36-38-40-42-44-46-48-56(60)65-53(51-63-50-49-54(57(61)62)58(3,4)5)52-64-55(59)47-45-43-41-39-37-35-33-31-25-23-21-19-17-15-13-11-9-7-2/h8,10,14,16,19-23,25-27,29-31,33-34,36,40,42,53-54H,6-7,9,11-13,15,17-18,24,28,32,35,37-39,41,43-52H2,1-5H3/p+1/b10-8+,16-14+,21-19+,22-20+,25-23+,27-26+,30-29+,33-31+,36-34+,42-40+. The highest BCUT2D eigenvalue weighted by atomic mass is 16.6. The van der Waals surface area contributed by atoms with Crippen molar-refractivity contribution in [1.29, 1.82) is 0 Å². The number of hydrogen-bond donors (Lipinski definition) is 1. The second kappa shape index (κ2) is 46.3. The van der Waals surface area contributed by atoms with Crippen LogP contribution in [0.25, 0.3) is 0 Å². The number of hydrogen-bond acceptors (Lipinski definition) is 6. The molecule has 0 saturated heterocycles. The van der Waals surface area contributed by atoms with Crippen molar-refractivity contribution in [2.24, 2.45) is 0 Å². The van der Waals surface area contributed by atoms with Crippen molar-refractivity contribution in [3.05, 3.63) is 122 Å². The van der Waals surface area contributed by atoms with E-state index in [4.69, 9.17) is 14.2 Å². The molecule has 0 radical (unpaired) electrons. The first kappa shape index (κ1) is 60.7. The van der Waals surface area contributed by atoms with Crippen LogP contribution in [0.5, 0.6) is 0 Å². The van der Waals surface area contributed by atoms with Crippen molar-refractivity contribution in [2.45, 2.75) is 180 Å². The number of allylic oxidation sites excluding steroid dienone is 20. The average molecular weight is 903 g/mol. The molecule has 0 fully saturated rings. The van der Waals surface area contributed by atoms with Crippen LogP contribution in [0, 0.1) is 0 Å². The van der Waals surface area contributed by atoms with Crippen molar-refractivity contribution < 1.29 is 38.2 Å². The Morgan fingerprint density at radius 3 is 1.43 bits per heavy atom. The molecule has 65 heavy (non-hydrogen) atoms. The summed E-state index contributed by atoms with van der Waals surface area (Å²) in [4.78, 5) is 37.1. The molecule has 0 spiro atoms. The zero-order valence-corrected chi connectivity index (χ0v) is 41.6. The van der Waals surface area contributed by atoms with Crippen LogP contribution in [0.2, 0.25) is 0 Å². The number of ether oxygens (including phenoxy) is 3. The molecule has 0 aromatic rings. The smallest absolute Gasteiger partial charge is 0.362 e. The van der Waals surface area contributed by atoms with Gasteiger partial charge in [0.2, 0.25) is 0 Å². The van der Waals surface area contributed by atoms with Gasteiger partial charge in [-0.25, -0.2) is 4.79 Å². The fourth-order valence-corrected chi connectivity index (χ4v) is 6.55. The van der Waals surface area contributed by atoms with Gasteiger partial charge in [-0.3, -0.25) is 9.59 Å². The number of quaternary nitrogens is 1. The Bertz CT molecular complexity index is 1470. The van der Waals surface area contributed by atoms with Crippen molar-refractivity contribution in [3.8, 4) is 0 Å². The Labute approximate surface area is 397 Å². The van der Waals surface area contributed by atoms with E-state index >= 15 is 0 Å². The van der Waals surface area contributed by atoms with E-state index in [0.717, 1.165) is 96.3 Å². The third-order valence-corrected chi connectivity index (χ3v) is 10.4. The molecule has 1 N–H and O–H groups in total. The van der Waals surface area contributed by atoms with E-state index in [-0.39, 0.29) is 42.7 Å². The molecule has 0 saturated carbocycles. The first-order valence-electron chi connectivity index (χ1n) is 25.1. The number of carboxylic acid groups (broad SMARTS) is 1. The van der Waals surface area contributed by atoms with E-state index < -0.39 is 18.1 Å². The Morgan fingerprint density at radius 2 is 0.938 bits per heavy atom. The third-order valence-electron chi connectivity index (χ3n) is 10.4. The van der Waals surface area contributed by atoms with Gasteiger partial charge in [0, 0.05) is 19.3 Å². The predicted octanol–water partition coefficient (Wildman–Crippen LogP) is 14.6. The average Bonchev–Trinajstić information content (AvgIpc) is 3.27. The van der Waals surface area contributed by atoms with E-state index in [1.807, 2.05) is 21.1 Å². The number of esters is 2. The van der Waals surface area contributed by atoms with Crippen LogP contribution in [-0.4, -0.2) is 80.6 Å². The maximum absolute atomic E-state index is 12.8. The molecular weight excluding hydrogens is 811 g/mol. The topological polar surface area (TPSA) is 99.1 Å². The van der Waals surface area contributed by atoms with Crippen molar-refractivity contribution in [3.63, 3.8) is 0 Å². The summed E-state index contributed by atoms with van der Waals surface area (Å²) in [5.41, 5.74) is 0. The lowest BCUT2D eigenvalue weighted by molar-refractivity contribution is -0.887. The first-order chi connectivity index (χ1) is 31.6. The van der Waals surface area contributed by atoms with Crippen LogP contribution in [0.4, 0.5) is 0 Å². The minimum absolute atomic E-state index is 0.0223. The highest BCUT2D eigenvalue weighted by molar-refractivity contribution is 5.72. The molecule has 2 unspecified atom stereocenters. The molecule has 0 aromatic carbocycles. The van der Waals surface area contributed by atoms with E-state index in [9.17, 15) is 19.5 Å². The molecule has 0 aliphatic heterocycles. The van der Waals surface area contributed by atoms with E-state index in [1.165, 1.54) is 32.1 Å². The second-order valence-corrected chi connectivity index (χ2v) is 17.4. The van der Waals surface area contributed by atoms with Gasteiger partial charge in [0.05, 0.1) is 34.4 Å². The minimum atomic E-state index is -0.892. The predicted molar refractivity (Wildman–Crippen MR) is 275 cm³/mol. The molecule has 0 amide bonds. The summed E-state index contributed by atoms with van der Waals surface area (Å²) in [5, 5.41) is 9.65. The SMILES string of the molecule is CC/C=C/C/C=C/C/C=C/C/C=C/C/C=C/C/C=C/C/C=C/CCCC(=O)OC(COCCC(C(=O)O)[N+](C)(C)C)COC(=O)CCCCCCC/C=C/C=C/C=C/CCCCCCC. The van der Waals surface area contributed by atoms with Gasteiger partial charge in [-0.15, -0.1) is 0 Å². The van der Waals surface area contributed by atoms with Gasteiger partial charge in [-0.05, 0) is 89.9 Å². The Morgan fingerprint density at radius 1 is 0.492 bits per heavy atom. The number of aliphatic carboxylic acids is 1. The van der Waals surface area contributed by atoms with Gasteiger partial charge in [0.25, 0.3) is 0 Å². The molecule has 0 heterocycles. The molecule has 0 aromatic heterocycles. The fraction of sp³-hybridized carbons (Fsp3) is 0.596. The molecule has 366 valence electrons. The molecule has 0 aliphatic carbocycles. The summed E-state index contributed by atoms with van der Waals surface area (Å²) in [7, 11) is 5.49. The summed E-state index contributed by atoms with van der Waals surface area (Å²) >= 11 is 0. The van der Waals surface area contributed by atoms with Gasteiger partial charge in [0.15, 0.2) is 12.1 Å². The number of carbonyl (C=O) groups excluding carboxylic acids is 2. The molecule has 8 heteroatoms. The van der Waals surface area contributed by atoms with Crippen LogP contribution in [0.1, 0.15) is 168 Å². The zero-order chi connectivity index (χ0) is 47.7. The number of nitrogens with zero attached hydrogens (tertiary/aromatic N) is 1. The van der Waals surface area contributed by atoms with Crippen LogP contribution < -0.4 is 0 Å². The van der Waals surface area contributed by atoms with E-state index in [1.54, 1.807) is 0 Å². The normalized spacial score (nSPS) is 13.9. The Kier molecular flexibility index (Phi) is 43.2. The largest absolute Gasteiger partial charge is 0.477 e. The van der Waals surface area contributed by atoms with Gasteiger partial charge >= 0.3 is 17.9 Å².